The summed E-state index contributed by atoms with van der Waals surface area (Å²) in [6.45, 7) is 2.66. The van der Waals surface area contributed by atoms with Gasteiger partial charge in [0.15, 0.2) is 0 Å². The number of hydrogen-bond donors (Lipinski definition) is 0. The predicted octanol–water partition coefficient (Wildman–Crippen LogP) is 3.60. The number of carbonyl (C=O) groups is 1. The van der Waals surface area contributed by atoms with Gasteiger partial charge in [0.05, 0.1) is 10.6 Å². The Morgan fingerprint density at radius 2 is 2.09 bits per heavy atom. The highest BCUT2D eigenvalue weighted by Gasteiger charge is 2.23. The lowest BCUT2D eigenvalue weighted by Gasteiger charge is -2.27. The largest absolute Gasteiger partial charge is 0.358 e. The molecule has 3 rings (SSSR count). The molecule has 1 amide bonds. The van der Waals surface area contributed by atoms with Crippen LogP contribution in [0.4, 0.5) is 5.82 Å². The van der Waals surface area contributed by atoms with E-state index >= 15 is 0 Å². The second-order valence-corrected chi connectivity index (χ2v) is 6.94. The average Bonchev–Trinajstić information content (AvgIpc) is 3.37. The number of halogens is 1. The molecule has 0 unspecified atom stereocenters. The third-order valence-corrected chi connectivity index (χ3v) is 4.92. The molecule has 1 saturated carbocycles. The highest BCUT2D eigenvalue weighted by molar-refractivity contribution is 6.33. The first-order valence-corrected chi connectivity index (χ1v) is 8.69. The van der Waals surface area contributed by atoms with Gasteiger partial charge in [0.1, 0.15) is 5.82 Å². The Hall–Kier alpha value is -1.29. The monoisotopic (exact) mass is 321 g/mol. The van der Waals surface area contributed by atoms with E-state index in [9.17, 15) is 4.79 Å². The summed E-state index contributed by atoms with van der Waals surface area (Å²) < 4.78 is 0. The van der Waals surface area contributed by atoms with Crippen molar-refractivity contribution in [3.8, 4) is 0 Å². The minimum Gasteiger partial charge on any atom is -0.358 e. The molecule has 1 aromatic heterocycles. The molecule has 22 heavy (non-hydrogen) atoms. The van der Waals surface area contributed by atoms with E-state index in [1.165, 1.54) is 25.7 Å². The van der Waals surface area contributed by atoms with E-state index in [1.54, 1.807) is 12.3 Å². The first kappa shape index (κ1) is 15.6. The number of anilines is 1. The number of aromatic nitrogens is 1. The Labute approximate surface area is 137 Å². The highest BCUT2D eigenvalue weighted by atomic mass is 35.5. The summed E-state index contributed by atoms with van der Waals surface area (Å²) in [6.07, 6.45) is 8.99. The lowest BCUT2D eigenvalue weighted by atomic mass is 10.1. The van der Waals surface area contributed by atoms with Crippen LogP contribution < -0.4 is 4.90 Å². The average molecular weight is 322 g/mol. The topological polar surface area (TPSA) is 36.4 Å². The Kier molecular flexibility index (Phi) is 4.87. The van der Waals surface area contributed by atoms with Gasteiger partial charge in [-0.3, -0.25) is 4.79 Å². The number of hydrogen-bond acceptors (Lipinski definition) is 3. The van der Waals surface area contributed by atoms with Crippen LogP contribution in [0.2, 0.25) is 5.02 Å². The van der Waals surface area contributed by atoms with Crippen LogP contribution in [0, 0.1) is 5.92 Å². The summed E-state index contributed by atoms with van der Waals surface area (Å²) >= 11 is 6.36. The van der Waals surface area contributed by atoms with E-state index in [0.717, 1.165) is 44.2 Å². The van der Waals surface area contributed by atoms with Gasteiger partial charge in [-0.05, 0) is 37.7 Å². The molecule has 0 atom stereocenters. The predicted molar refractivity (Wildman–Crippen MR) is 89.6 cm³/mol. The van der Waals surface area contributed by atoms with Crippen LogP contribution in [-0.2, 0) is 0 Å². The second kappa shape index (κ2) is 6.86. The lowest BCUT2D eigenvalue weighted by molar-refractivity contribution is 0.0724. The van der Waals surface area contributed by atoms with E-state index in [1.807, 2.05) is 11.9 Å². The van der Waals surface area contributed by atoms with Crippen LogP contribution in [0.5, 0.6) is 0 Å². The maximum Gasteiger partial charge on any atom is 0.255 e. The van der Waals surface area contributed by atoms with E-state index in [2.05, 4.69) is 9.88 Å². The summed E-state index contributed by atoms with van der Waals surface area (Å²) in [5.74, 6) is 1.72. The molecule has 0 aromatic carbocycles. The molecule has 120 valence electrons. The van der Waals surface area contributed by atoms with Crippen molar-refractivity contribution in [2.75, 3.05) is 31.6 Å². The van der Waals surface area contributed by atoms with Crippen LogP contribution in [0.25, 0.3) is 0 Å². The summed E-state index contributed by atoms with van der Waals surface area (Å²) in [5.41, 5.74) is 0.603. The molecule has 1 aliphatic carbocycles. The highest BCUT2D eigenvalue weighted by Crippen LogP contribution is 2.33. The molecule has 0 radical (unpaired) electrons. The molecule has 1 saturated heterocycles. The van der Waals surface area contributed by atoms with Crippen LogP contribution in [0.3, 0.4) is 0 Å². The van der Waals surface area contributed by atoms with Crippen LogP contribution >= 0.6 is 11.6 Å². The Balaban J connectivity index is 1.66. The molecular weight excluding hydrogens is 298 g/mol. The number of nitrogens with zero attached hydrogens (tertiary/aromatic N) is 3. The minimum absolute atomic E-state index is 0.0567. The van der Waals surface area contributed by atoms with Gasteiger partial charge in [-0.1, -0.05) is 24.4 Å². The molecule has 0 bridgehead atoms. The fraction of sp³-hybridized carbons (Fsp3) is 0.647. The molecule has 1 aromatic rings. The lowest BCUT2D eigenvalue weighted by Crippen LogP contribution is -2.35. The zero-order chi connectivity index (χ0) is 15.5. The van der Waals surface area contributed by atoms with Gasteiger partial charge in [-0.25, -0.2) is 4.98 Å². The zero-order valence-corrected chi connectivity index (χ0v) is 14.0. The van der Waals surface area contributed by atoms with Crippen molar-refractivity contribution in [1.82, 2.24) is 9.88 Å². The van der Waals surface area contributed by atoms with Crippen molar-refractivity contribution in [3.63, 3.8) is 0 Å². The first-order chi connectivity index (χ1) is 10.6. The number of likely N-dealkylation sites (tertiary alicyclic amines) is 1. The number of rotatable bonds is 5. The first-order valence-electron chi connectivity index (χ1n) is 8.31. The number of carbonyl (C=O) groups excluding carboxylic acids is 1. The van der Waals surface area contributed by atoms with Gasteiger partial charge in [-0.15, -0.1) is 0 Å². The molecule has 1 aliphatic heterocycles. The zero-order valence-electron chi connectivity index (χ0n) is 13.2. The van der Waals surface area contributed by atoms with Crippen molar-refractivity contribution in [3.05, 3.63) is 22.8 Å². The molecule has 5 heteroatoms. The summed E-state index contributed by atoms with van der Waals surface area (Å²) in [5, 5.41) is 0.571. The Bertz CT molecular complexity index is 539. The third kappa shape index (κ3) is 3.72. The van der Waals surface area contributed by atoms with Crippen molar-refractivity contribution in [1.29, 1.82) is 0 Å². The summed E-state index contributed by atoms with van der Waals surface area (Å²) in [4.78, 5) is 20.9. The van der Waals surface area contributed by atoms with Crippen LogP contribution in [-0.4, -0.2) is 42.5 Å². The SMILES string of the molecule is CN(CCC1CC1)c1ncc(C(=O)N2CCCCC2)cc1Cl. The molecular formula is C17H24ClN3O. The second-order valence-electron chi connectivity index (χ2n) is 6.54. The standard InChI is InChI=1S/C17H24ClN3O/c1-20(10-7-13-5-6-13)16-15(18)11-14(12-19-16)17(22)21-8-3-2-4-9-21/h11-13H,2-10H2,1H3. The number of piperidine rings is 1. The van der Waals surface area contributed by atoms with Crippen molar-refractivity contribution in [2.24, 2.45) is 5.92 Å². The fourth-order valence-corrected chi connectivity index (χ4v) is 3.31. The molecule has 0 N–H and O–H groups in total. The maximum atomic E-state index is 12.5. The van der Waals surface area contributed by atoms with Gasteiger partial charge in [-0.2, -0.15) is 0 Å². The third-order valence-electron chi connectivity index (χ3n) is 4.64. The van der Waals surface area contributed by atoms with Crippen molar-refractivity contribution < 1.29 is 4.79 Å². The Morgan fingerprint density at radius 3 is 2.73 bits per heavy atom. The van der Waals surface area contributed by atoms with E-state index in [-0.39, 0.29) is 5.91 Å². The molecule has 0 spiro atoms. The van der Waals surface area contributed by atoms with E-state index in [4.69, 9.17) is 11.6 Å². The van der Waals surface area contributed by atoms with Crippen LogP contribution in [0.15, 0.2) is 12.3 Å². The number of amides is 1. The van der Waals surface area contributed by atoms with E-state index < -0.39 is 0 Å². The van der Waals surface area contributed by atoms with Gasteiger partial charge < -0.3 is 9.80 Å². The molecule has 2 fully saturated rings. The van der Waals surface area contributed by atoms with Crippen molar-refractivity contribution in [2.45, 2.75) is 38.5 Å². The van der Waals surface area contributed by atoms with E-state index in [0.29, 0.717) is 10.6 Å². The fourth-order valence-electron chi connectivity index (χ4n) is 3.00. The smallest absolute Gasteiger partial charge is 0.255 e. The summed E-state index contributed by atoms with van der Waals surface area (Å²) in [7, 11) is 2.02. The Morgan fingerprint density at radius 1 is 1.36 bits per heavy atom. The minimum atomic E-state index is 0.0567. The quantitative estimate of drug-likeness (QED) is 0.831. The van der Waals surface area contributed by atoms with Crippen molar-refractivity contribution >= 4 is 23.3 Å². The molecule has 2 aliphatic rings. The van der Waals surface area contributed by atoms with Gasteiger partial charge in [0.2, 0.25) is 0 Å². The maximum absolute atomic E-state index is 12.5. The van der Waals surface area contributed by atoms with Gasteiger partial charge in [0.25, 0.3) is 5.91 Å². The van der Waals surface area contributed by atoms with Gasteiger partial charge in [0, 0.05) is 32.9 Å². The van der Waals surface area contributed by atoms with Crippen LogP contribution in [0.1, 0.15) is 48.9 Å². The molecule has 4 nitrogen and oxygen atoms in total. The molecule has 2 heterocycles. The number of pyridine rings is 1. The summed E-state index contributed by atoms with van der Waals surface area (Å²) in [6, 6.07) is 1.77. The normalized spacial score (nSPS) is 18.4. The van der Waals surface area contributed by atoms with Gasteiger partial charge >= 0.3 is 0 Å².